The van der Waals surface area contributed by atoms with E-state index in [1.54, 1.807) is 24.3 Å². The van der Waals surface area contributed by atoms with Crippen LogP contribution in [0.2, 0.25) is 0 Å². The van der Waals surface area contributed by atoms with Crippen molar-refractivity contribution in [3.05, 3.63) is 54.1 Å². The molecule has 0 fully saturated rings. The van der Waals surface area contributed by atoms with E-state index in [2.05, 4.69) is 10.6 Å². The lowest BCUT2D eigenvalue weighted by Gasteiger charge is -2.08. The van der Waals surface area contributed by atoms with Crippen LogP contribution < -0.4 is 10.6 Å². The van der Waals surface area contributed by atoms with Crippen molar-refractivity contribution in [3.8, 4) is 6.07 Å². The summed E-state index contributed by atoms with van der Waals surface area (Å²) in [4.78, 5) is 11.7. The first-order valence-electron chi connectivity index (χ1n) is 6.01. The normalized spacial score (nSPS) is 10.5. The molecule has 0 saturated carbocycles. The first-order chi connectivity index (χ1) is 10.4. The van der Waals surface area contributed by atoms with E-state index in [0.29, 0.717) is 16.9 Å². The molecule has 0 bridgehead atoms. The van der Waals surface area contributed by atoms with Crippen molar-refractivity contribution in [1.29, 1.82) is 5.26 Å². The number of halogens is 1. The predicted molar refractivity (Wildman–Crippen MR) is 83.3 cm³/mol. The van der Waals surface area contributed by atoms with Crippen LogP contribution in [0.4, 0.5) is 16.2 Å². The molecule has 0 aliphatic heterocycles. The van der Waals surface area contributed by atoms with Crippen LogP contribution in [0.3, 0.4) is 0 Å². The van der Waals surface area contributed by atoms with Gasteiger partial charge in [0.25, 0.3) is 9.05 Å². The molecule has 2 rings (SSSR count). The van der Waals surface area contributed by atoms with Crippen LogP contribution in [-0.2, 0) is 9.05 Å². The topological polar surface area (TPSA) is 99.1 Å². The molecule has 0 aliphatic rings. The second-order valence-electron chi connectivity index (χ2n) is 4.23. The summed E-state index contributed by atoms with van der Waals surface area (Å²) in [5.41, 5.74) is 1.43. The molecule has 2 amide bonds. The van der Waals surface area contributed by atoms with Crippen molar-refractivity contribution >= 4 is 37.1 Å². The number of amides is 2. The van der Waals surface area contributed by atoms with Crippen LogP contribution in [0.5, 0.6) is 0 Å². The Bertz CT molecular complexity index is 825. The fourth-order valence-electron chi connectivity index (χ4n) is 1.62. The first-order valence-corrected chi connectivity index (χ1v) is 8.32. The zero-order chi connectivity index (χ0) is 16.2. The molecule has 0 aromatic heterocycles. The summed E-state index contributed by atoms with van der Waals surface area (Å²) in [5, 5.41) is 13.8. The predicted octanol–water partition coefficient (Wildman–Crippen LogP) is 3.13. The highest BCUT2D eigenvalue weighted by molar-refractivity contribution is 8.13. The fraction of sp³-hybridized carbons (Fsp3) is 0. The van der Waals surface area contributed by atoms with E-state index in [4.69, 9.17) is 15.9 Å². The summed E-state index contributed by atoms with van der Waals surface area (Å²) in [5.74, 6) is 0. The zero-order valence-electron chi connectivity index (χ0n) is 11.1. The molecule has 6 nitrogen and oxygen atoms in total. The fourth-order valence-corrected chi connectivity index (χ4v) is 2.39. The van der Waals surface area contributed by atoms with Gasteiger partial charge in [-0.05, 0) is 48.5 Å². The molecule has 2 aromatic carbocycles. The Morgan fingerprint density at radius 1 is 0.955 bits per heavy atom. The van der Waals surface area contributed by atoms with Crippen LogP contribution in [0, 0.1) is 11.3 Å². The number of benzene rings is 2. The van der Waals surface area contributed by atoms with E-state index in [0.717, 1.165) is 0 Å². The van der Waals surface area contributed by atoms with Crippen LogP contribution in [0.15, 0.2) is 53.4 Å². The van der Waals surface area contributed by atoms with E-state index in [-0.39, 0.29) is 4.90 Å². The van der Waals surface area contributed by atoms with Crippen molar-refractivity contribution in [2.45, 2.75) is 4.90 Å². The van der Waals surface area contributed by atoms with Crippen LogP contribution in [0.25, 0.3) is 0 Å². The number of carbonyl (C=O) groups is 1. The second kappa shape index (κ2) is 6.47. The van der Waals surface area contributed by atoms with Crippen molar-refractivity contribution in [2.24, 2.45) is 0 Å². The number of nitriles is 1. The molecule has 0 aliphatic carbocycles. The van der Waals surface area contributed by atoms with Crippen molar-refractivity contribution in [1.82, 2.24) is 0 Å². The smallest absolute Gasteiger partial charge is 0.308 e. The monoisotopic (exact) mass is 335 g/mol. The van der Waals surface area contributed by atoms with Crippen molar-refractivity contribution < 1.29 is 13.2 Å². The highest BCUT2D eigenvalue weighted by Crippen LogP contribution is 2.18. The second-order valence-corrected chi connectivity index (χ2v) is 6.80. The number of rotatable bonds is 3. The number of hydrogen-bond donors (Lipinski definition) is 2. The average Bonchev–Trinajstić information content (AvgIpc) is 2.47. The highest BCUT2D eigenvalue weighted by Gasteiger charge is 2.09. The maximum Gasteiger partial charge on any atom is 0.323 e. The van der Waals surface area contributed by atoms with Gasteiger partial charge in [-0.3, -0.25) is 0 Å². The number of nitrogens with one attached hydrogen (secondary N) is 2. The third-order valence-corrected chi connectivity index (χ3v) is 4.04. The van der Waals surface area contributed by atoms with Gasteiger partial charge in [-0.2, -0.15) is 5.26 Å². The molecular formula is C14H10ClN3O3S. The minimum absolute atomic E-state index is 0.0489. The lowest BCUT2D eigenvalue weighted by Crippen LogP contribution is -2.19. The Labute approximate surface area is 131 Å². The minimum Gasteiger partial charge on any atom is -0.308 e. The molecule has 0 spiro atoms. The van der Waals surface area contributed by atoms with E-state index in [1.807, 2.05) is 6.07 Å². The van der Waals surface area contributed by atoms with E-state index in [1.165, 1.54) is 24.3 Å². The summed E-state index contributed by atoms with van der Waals surface area (Å²) in [6.07, 6.45) is 0. The van der Waals surface area contributed by atoms with Crippen molar-refractivity contribution in [3.63, 3.8) is 0 Å². The molecule has 22 heavy (non-hydrogen) atoms. The van der Waals surface area contributed by atoms with Gasteiger partial charge < -0.3 is 10.6 Å². The summed E-state index contributed by atoms with van der Waals surface area (Å²) >= 11 is 0. The molecule has 0 atom stereocenters. The number of nitrogens with zero attached hydrogens (tertiary/aromatic N) is 1. The van der Waals surface area contributed by atoms with Gasteiger partial charge in [0.1, 0.15) is 0 Å². The summed E-state index contributed by atoms with van der Waals surface area (Å²) in [6.45, 7) is 0. The van der Waals surface area contributed by atoms with Gasteiger partial charge in [0.2, 0.25) is 0 Å². The lowest BCUT2D eigenvalue weighted by molar-refractivity contribution is 0.262. The molecular weight excluding hydrogens is 326 g/mol. The van der Waals surface area contributed by atoms with E-state index in [9.17, 15) is 13.2 Å². The van der Waals surface area contributed by atoms with Crippen LogP contribution >= 0.6 is 10.7 Å². The Morgan fingerprint density at radius 3 is 1.82 bits per heavy atom. The van der Waals surface area contributed by atoms with Gasteiger partial charge in [0.15, 0.2) is 0 Å². The lowest BCUT2D eigenvalue weighted by atomic mass is 10.2. The number of anilines is 2. The largest absolute Gasteiger partial charge is 0.323 e. The standard InChI is InChI=1S/C14H10ClN3O3S/c15-22(20,21)13-7-5-12(6-8-13)18-14(19)17-11-3-1-10(9-16)2-4-11/h1-8H,(H2,17,18,19). The van der Waals surface area contributed by atoms with E-state index < -0.39 is 15.1 Å². The zero-order valence-corrected chi connectivity index (χ0v) is 12.6. The minimum atomic E-state index is -3.79. The van der Waals surface area contributed by atoms with Gasteiger partial charge in [0.05, 0.1) is 16.5 Å². The average molecular weight is 336 g/mol. The third-order valence-electron chi connectivity index (χ3n) is 2.67. The maximum absolute atomic E-state index is 11.8. The summed E-state index contributed by atoms with van der Waals surface area (Å²) in [6, 6.07) is 13.3. The van der Waals surface area contributed by atoms with Crippen molar-refractivity contribution in [2.75, 3.05) is 10.6 Å². The molecule has 0 saturated heterocycles. The Morgan fingerprint density at radius 2 is 1.41 bits per heavy atom. The van der Waals surface area contributed by atoms with Gasteiger partial charge in [-0.1, -0.05) is 0 Å². The molecule has 8 heteroatoms. The van der Waals surface area contributed by atoms with E-state index >= 15 is 0 Å². The van der Waals surface area contributed by atoms with Gasteiger partial charge >= 0.3 is 6.03 Å². The SMILES string of the molecule is N#Cc1ccc(NC(=O)Nc2ccc(S(=O)(=O)Cl)cc2)cc1. The Hall–Kier alpha value is -2.56. The Balaban J connectivity index is 2.01. The van der Waals surface area contributed by atoms with Crippen LogP contribution in [-0.4, -0.2) is 14.4 Å². The summed E-state index contributed by atoms with van der Waals surface area (Å²) < 4.78 is 22.2. The molecule has 2 aromatic rings. The third kappa shape index (κ3) is 4.22. The molecule has 0 unspecified atom stereocenters. The molecule has 112 valence electrons. The quantitative estimate of drug-likeness (QED) is 0.842. The van der Waals surface area contributed by atoms with Crippen LogP contribution in [0.1, 0.15) is 5.56 Å². The number of carbonyl (C=O) groups excluding carboxylic acids is 1. The summed E-state index contributed by atoms with van der Waals surface area (Å²) in [7, 11) is 1.41. The number of hydrogen-bond acceptors (Lipinski definition) is 4. The van der Waals surface area contributed by atoms with Gasteiger partial charge in [0, 0.05) is 22.1 Å². The Kier molecular flexibility index (Phi) is 4.65. The first kappa shape index (κ1) is 15.8. The molecule has 0 heterocycles. The molecule has 0 radical (unpaired) electrons. The number of urea groups is 1. The highest BCUT2D eigenvalue weighted by atomic mass is 35.7. The molecule has 2 N–H and O–H groups in total. The van der Waals surface area contributed by atoms with Gasteiger partial charge in [-0.15, -0.1) is 0 Å². The maximum atomic E-state index is 11.8. The van der Waals surface area contributed by atoms with Gasteiger partial charge in [-0.25, -0.2) is 13.2 Å².